The smallest absolute Gasteiger partial charge is 0.255 e. The zero-order valence-corrected chi connectivity index (χ0v) is 17.4. The number of aryl methyl sites for hydroxylation is 1. The Morgan fingerprint density at radius 2 is 1.67 bits per heavy atom. The molecular weight excluding hydrogens is 402 g/mol. The summed E-state index contributed by atoms with van der Waals surface area (Å²) in [6.45, 7) is 2.02. The largest absolute Gasteiger partial charge is 0.495 e. The molecule has 0 aromatic heterocycles. The van der Waals surface area contributed by atoms with Gasteiger partial charge in [-0.3, -0.25) is 9.59 Å². The van der Waals surface area contributed by atoms with Crippen LogP contribution >= 0.6 is 11.6 Å². The molecule has 0 fully saturated rings. The van der Waals surface area contributed by atoms with Crippen molar-refractivity contribution in [2.45, 2.75) is 6.92 Å². The van der Waals surface area contributed by atoms with Gasteiger partial charge in [-0.15, -0.1) is 0 Å². The zero-order chi connectivity index (χ0) is 21.5. The van der Waals surface area contributed by atoms with Crippen LogP contribution in [-0.2, 0) is 4.79 Å². The van der Waals surface area contributed by atoms with Crippen LogP contribution < -0.4 is 20.7 Å². The number of amides is 2. The van der Waals surface area contributed by atoms with Crippen molar-refractivity contribution in [1.29, 1.82) is 0 Å². The van der Waals surface area contributed by atoms with Crippen molar-refractivity contribution in [1.82, 2.24) is 0 Å². The summed E-state index contributed by atoms with van der Waals surface area (Å²) in [6.07, 6.45) is 0. The van der Waals surface area contributed by atoms with E-state index in [4.69, 9.17) is 16.3 Å². The van der Waals surface area contributed by atoms with E-state index in [1.165, 1.54) is 0 Å². The molecule has 3 aromatic rings. The highest BCUT2D eigenvalue weighted by Crippen LogP contribution is 2.24. The Hall–Kier alpha value is -3.51. The predicted molar refractivity (Wildman–Crippen MR) is 121 cm³/mol. The second-order valence-electron chi connectivity index (χ2n) is 6.62. The molecule has 0 heterocycles. The maximum absolute atomic E-state index is 12.5. The summed E-state index contributed by atoms with van der Waals surface area (Å²) in [5, 5.41) is 9.16. The fourth-order valence-corrected chi connectivity index (χ4v) is 3.09. The lowest BCUT2D eigenvalue weighted by molar-refractivity contribution is -0.114. The molecule has 0 radical (unpaired) electrons. The van der Waals surface area contributed by atoms with E-state index in [2.05, 4.69) is 16.0 Å². The van der Waals surface area contributed by atoms with Crippen LogP contribution in [-0.4, -0.2) is 25.5 Å². The second-order valence-corrected chi connectivity index (χ2v) is 7.02. The number of para-hydroxylation sites is 2. The Kier molecular flexibility index (Phi) is 6.93. The lowest BCUT2D eigenvalue weighted by Crippen LogP contribution is -2.22. The minimum atomic E-state index is -0.270. The van der Waals surface area contributed by atoms with Gasteiger partial charge in [-0.05, 0) is 61.0 Å². The molecule has 2 amide bonds. The molecular formula is C23H22ClN3O3. The second kappa shape index (κ2) is 9.80. The van der Waals surface area contributed by atoms with Crippen LogP contribution in [0, 0.1) is 6.92 Å². The fraction of sp³-hybridized carbons (Fsp3) is 0.130. The summed E-state index contributed by atoms with van der Waals surface area (Å²) in [7, 11) is 1.55. The number of methoxy groups -OCH3 is 1. The van der Waals surface area contributed by atoms with E-state index in [1.807, 2.05) is 37.3 Å². The third-order valence-corrected chi connectivity index (χ3v) is 4.66. The van der Waals surface area contributed by atoms with Gasteiger partial charge in [-0.1, -0.05) is 29.8 Å². The highest BCUT2D eigenvalue weighted by molar-refractivity contribution is 6.33. The number of benzene rings is 3. The molecule has 0 aliphatic carbocycles. The van der Waals surface area contributed by atoms with Gasteiger partial charge in [0.2, 0.25) is 5.91 Å². The number of carbonyl (C=O) groups excluding carboxylic acids is 2. The van der Waals surface area contributed by atoms with Crippen molar-refractivity contribution in [3.63, 3.8) is 0 Å². The van der Waals surface area contributed by atoms with Gasteiger partial charge in [0.25, 0.3) is 5.91 Å². The third-order valence-electron chi connectivity index (χ3n) is 4.35. The molecule has 0 saturated carbocycles. The minimum absolute atomic E-state index is 0.0683. The molecule has 3 N–H and O–H groups in total. The Morgan fingerprint density at radius 3 is 2.37 bits per heavy atom. The molecule has 0 spiro atoms. The van der Waals surface area contributed by atoms with Crippen LogP contribution in [0.2, 0.25) is 5.02 Å². The van der Waals surface area contributed by atoms with Crippen LogP contribution in [0.15, 0.2) is 66.7 Å². The molecule has 30 heavy (non-hydrogen) atoms. The first-order chi connectivity index (χ1) is 14.5. The maximum Gasteiger partial charge on any atom is 0.255 e. The van der Waals surface area contributed by atoms with Gasteiger partial charge in [0.05, 0.1) is 30.1 Å². The summed E-state index contributed by atoms with van der Waals surface area (Å²) in [5.41, 5.74) is 3.38. The molecule has 0 atom stereocenters. The molecule has 154 valence electrons. The summed E-state index contributed by atoms with van der Waals surface area (Å²) in [4.78, 5) is 24.6. The molecule has 0 unspecified atom stereocenters. The highest BCUT2D eigenvalue weighted by atomic mass is 35.5. The Morgan fingerprint density at radius 1 is 0.933 bits per heavy atom. The van der Waals surface area contributed by atoms with E-state index < -0.39 is 0 Å². The monoisotopic (exact) mass is 423 g/mol. The summed E-state index contributed by atoms with van der Waals surface area (Å²) < 4.78 is 5.24. The number of rotatable bonds is 7. The van der Waals surface area contributed by atoms with Gasteiger partial charge in [0.15, 0.2) is 0 Å². The number of anilines is 3. The normalized spacial score (nSPS) is 10.2. The third kappa shape index (κ3) is 5.52. The van der Waals surface area contributed by atoms with Crippen LogP contribution in [0.4, 0.5) is 17.1 Å². The van der Waals surface area contributed by atoms with E-state index in [1.54, 1.807) is 43.5 Å². The predicted octanol–water partition coefficient (Wildman–Crippen LogP) is 4.96. The van der Waals surface area contributed by atoms with Crippen molar-refractivity contribution < 1.29 is 14.3 Å². The van der Waals surface area contributed by atoms with Crippen molar-refractivity contribution in [2.24, 2.45) is 0 Å². The van der Waals surface area contributed by atoms with Crippen molar-refractivity contribution >= 4 is 40.5 Å². The Labute approximate surface area is 180 Å². The van der Waals surface area contributed by atoms with Crippen LogP contribution in [0.1, 0.15) is 15.9 Å². The van der Waals surface area contributed by atoms with Crippen LogP contribution in [0.5, 0.6) is 5.75 Å². The van der Waals surface area contributed by atoms with Crippen LogP contribution in [0.25, 0.3) is 0 Å². The Bertz CT molecular complexity index is 1050. The number of hydrogen-bond donors (Lipinski definition) is 3. The average Bonchev–Trinajstić information content (AvgIpc) is 2.74. The topological polar surface area (TPSA) is 79.5 Å². The van der Waals surface area contributed by atoms with Crippen LogP contribution in [0.3, 0.4) is 0 Å². The first kappa shape index (κ1) is 21.2. The summed E-state index contributed by atoms with van der Waals surface area (Å²) >= 11 is 6.16. The maximum atomic E-state index is 12.5. The van der Waals surface area contributed by atoms with Crippen molar-refractivity contribution in [3.05, 3.63) is 82.9 Å². The summed E-state index contributed by atoms with van der Waals surface area (Å²) in [5.74, 6) is 0.0850. The molecule has 3 aromatic carbocycles. The van der Waals surface area contributed by atoms with E-state index in [0.29, 0.717) is 33.4 Å². The lowest BCUT2D eigenvalue weighted by Gasteiger charge is -2.11. The molecule has 0 aliphatic heterocycles. The van der Waals surface area contributed by atoms with Gasteiger partial charge in [-0.25, -0.2) is 0 Å². The summed E-state index contributed by atoms with van der Waals surface area (Å²) in [6, 6.07) is 19.4. The average molecular weight is 424 g/mol. The minimum Gasteiger partial charge on any atom is -0.495 e. The number of ether oxygens (including phenoxy) is 1. The van der Waals surface area contributed by atoms with E-state index >= 15 is 0 Å². The number of carbonyl (C=O) groups is 2. The van der Waals surface area contributed by atoms with Gasteiger partial charge < -0.3 is 20.7 Å². The first-order valence-corrected chi connectivity index (χ1v) is 9.68. The number of halogens is 1. The molecule has 0 bridgehead atoms. The number of nitrogens with one attached hydrogen (secondary N) is 3. The zero-order valence-electron chi connectivity index (χ0n) is 16.7. The molecule has 6 nitrogen and oxygen atoms in total. The molecule has 0 aliphatic rings. The van der Waals surface area contributed by atoms with Gasteiger partial charge >= 0.3 is 0 Å². The molecule has 3 rings (SSSR count). The SMILES string of the molecule is COc1ccccc1NC(=O)c1ccc(NC(=O)CNc2ccc(C)cc2Cl)cc1. The quantitative estimate of drug-likeness (QED) is 0.501. The Balaban J connectivity index is 1.56. The standard InChI is InChI=1S/C23H22ClN3O3/c1-15-7-12-19(18(24)13-15)25-14-22(28)26-17-10-8-16(9-11-17)23(29)27-20-5-3-4-6-21(20)30-2/h3-13,25H,14H2,1-2H3,(H,26,28)(H,27,29). The van der Waals surface area contributed by atoms with E-state index in [0.717, 1.165) is 5.56 Å². The molecule has 0 saturated heterocycles. The first-order valence-electron chi connectivity index (χ1n) is 9.30. The van der Waals surface area contributed by atoms with Gasteiger partial charge in [0, 0.05) is 11.3 Å². The van der Waals surface area contributed by atoms with Gasteiger partial charge in [-0.2, -0.15) is 0 Å². The fourth-order valence-electron chi connectivity index (χ4n) is 2.79. The van der Waals surface area contributed by atoms with Crippen molar-refractivity contribution in [2.75, 3.05) is 29.6 Å². The highest BCUT2D eigenvalue weighted by Gasteiger charge is 2.10. The molecule has 7 heteroatoms. The van der Waals surface area contributed by atoms with E-state index in [-0.39, 0.29) is 18.4 Å². The van der Waals surface area contributed by atoms with Gasteiger partial charge in [0.1, 0.15) is 5.75 Å². The lowest BCUT2D eigenvalue weighted by atomic mass is 10.2. The van der Waals surface area contributed by atoms with E-state index in [9.17, 15) is 9.59 Å². The van der Waals surface area contributed by atoms with Crippen molar-refractivity contribution in [3.8, 4) is 5.75 Å². The number of hydrogen-bond acceptors (Lipinski definition) is 4.